The Balaban J connectivity index is 1.06. The van der Waals surface area contributed by atoms with Gasteiger partial charge >= 0.3 is 0 Å². The van der Waals surface area contributed by atoms with Gasteiger partial charge in [-0.25, -0.2) is 19.9 Å². The van der Waals surface area contributed by atoms with Gasteiger partial charge in [-0.15, -0.1) is 0 Å². The van der Waals surface area contributed by atoms with E-state index in [0.717, 1.165) is 61.7 Å². The van der Waals surface area contributed by atoms with Crippen LogP contribution in [0.2, 0.25) is 0 Å². The average molecular weight is 996 g/mol. The first-order valence-corrected chi connectivity index (χ1v) is 31.6. The highest BCUT2D eigenvalue weighted by Gasteiger charge is 2.28. The Morgan fingerprint density at radius 3 is 0.945 bits per heavy atom. The maximum absolute atomic E-state index is 7.23. The zero-order chi connectivity index (χ0) is 51.0. The molecule has 0 atom stereocenters. The van der Waals surface area contributed by atoms with Gasteiger partial charge in [0.1, 0.15) is 23.1 Å². The van der Waals surface area contributed by atoms with Crippen LogP contribution in [0.3, 0.4) is 0 Å². The van der Waals surface area contributed by atoms with Crippen LogP contribution in [0.25, 0.3) is 0 Å². The molecular weight excluding hydrogens is 889 g/mol. The minimum atomic E-state index is 0.476. The van der Waals surface area contributed by atoms with Gasteiger partial charge in [-0.05, 0) is 173 Å². The van der Waals surface area contributed by atoms with E-state index in [9.17, 15) is 0 Å². The molecule has 5 nitrogen and oxygen atoms in total. The highest BCUT2D eigenvalue weighted by Crippen LogP contribution is 2.41. The second-order valence-electron chi connectivity index (χ2n) is 23.5. The maximum atomic E-state index is 7.23. The first-order chi connectivity index (χ1) is 36.0. The van der Waals surface area contributed by atoms with Crippen LogP contribution in [0, 0.1) is 11.8 Å². The van der Waals surface area contributed by atoms with Gasteiger partial charge in [0.25, 0.3) is 0 Å². The molecule has 2 aromatic heterocycles. The fourth-order valence-electron chi connectivity index (χ4n) is 12.3. The van der Waals surface area contributed by atoms with E-state index in [2.05, 4.69) is 88.9 Å². The lowest BCUT2D eigenvalue weighted by Gasteiger charge is -2.29. The SMILES string of the molecule is CCCCCCCCCCc1cnc([C@H]2CC[C@H](Cc3cc(CCCCCCC)ccc3Oc3ccc(CCCCCCC)cc3C[C@H]3CC[C@H](c4ncc(CCCCCCCCCC)cn4)CC3)CC2)nc1. The molecule has 2 saturated carbocycles. The van der Waals surface area contributed by atoms with Crippen molar-refractivity contribution >= 4 is 0 Å². The van der Waals surface area contributed by atoms with E-state index < -0.39 is 0 Å². The predicted octanol–water partition coefficient (Wildman–Crippen LogP) is 20.5. The normalized spacial score (nSPS) is 18.1. The molecule has 2 aliphatic carbocycles. The van der Waals surface area contributed by atoms with Crippen molar-refractivity contribution in [1.82, 2.24) is 19.9 Å². The fourth-order valence-corrected chi connectivity index (χ4v) is 12.3. The van der Waals surface area contributed by atoms with Crippen LogP contribution in [0.4, 0.5) is 0 Å². The summed E-state index contributed by atoms with van der Waals surface area (Å²) in [4.78, 5) is 19.9. The van der Waals surface area contributed by atoms with Gasteiger partial charge in [0.05, 0.1) is 0 Å². The fraction of sp³-hybridized carbons (Fsp3) is 0.706. The summed E-state index contributed by atoms with van der Waals surface area (Å²) in [5.41, 5.74) is 8.39. The van der Waals surface area contributed by atoms with Crippen LogP contribution in [0.15, 0.2) is 61.2 Å². The summed E-state index contributed by atoms with van der Waals surface area (Å²) in [5, 5.41) is 0. The minimum absolute atomic E-state index is 0.476. The maximum Gasteiger partial charge on any atom is 0.131 e. The highest BCUT2D eigenvalue weighted by molar-refractivity contribution is 5.45. The molecule has 0 saturated heterocycles. The van der Waals surface area contributed by atoms with E-state index in [4.69, 9.17) is 24.7 Å². The Hall–Kier alpha value is -3.60. The van der Waals surface area contributed by atoms with E-state index >= 15 is 0 Å². The van der Waals surface area contributed by atoms with Crippen LogP contribution in [-0.4, -0.2) is 19.9 Å². The molecule has 6 rings (SSSR count). The molecule has 2 aliphatic rings. The van der Waals surface area contributed by atoms with Crippen molar-refractivity contribution < 1.29 is 4.74 Å². The average Bonchev–Trinajstić information content (AvgIpc) is 3.42. The number of hydrogen-bond acceptors (Lipinski definition) is 5. The van der Waals surface area contributed by atoms with Crippen molar-refractivity contribution in [1.29, 1.82) is 0 Å². The van der Waals surface area contributed by atoms with Gasteiger partial charge < -0.3 is 4.74 Å². The summed E-state index contributed by atoms with van der Waals surface area (Å²) < 4.78 is 7.23. The smallest absolute Gasteiger partial charge is 0.131 e. The number of nitrogens with zero attached hydrogens (tertiary/aromatic N) is 4. The zero-order valence-corrected chi connectivity index (χ0v) is 47.6. The summed E-state index contributed by atoms with van der Waals surface area (Å²) in [6.45, 7) is 9.22. The number of rotatable bonds is 38. The Labute approximate surface area is 448 Å². The molecular formula is C68H106N4O. The van der Waals surface area contributed by atoms with Crippen LogP contribution in [0.1, 0.15) is 303 Å². The van der Waals surface area contributed by atoms with Gasteiger partial charge in [-0.3, -0.25) is 0 Å². The van der Waals surface area contributed by atoms with Gasteiger partial charge in [-0.1, -0.05) is 193 Å². The Bertz CT molecular complexity index is 1870. The third-order valence-corrected chi connectivity index (χ3v) is 17.1. The molecule has 404 valence electrons. The lowest BCUT2D eigenvalue weighted by atomic mass is 9.78. The summed E-state index contributed by atoms with van der Waals surface area (Å²) in [7, 11) is 0. The molecule has 0 aliphatic heterocycles. The second kappa shape index (κ2) is 35.6. The van der Waals surface area contributed by atoms with Crippen LogP contribution >= 0.6 is 0 Å². The minimum Gasteiger partial charge on any atom is -0.457 e. The van der Waals surface area contributed by atoms with Crippen LogP contribution in [-0.2, 0) is 38.5 Å². The summed E-state index contributed by atoms with van der Waals surface area (Å²) in [5.74, 6) is 6.56. The molecule has 4 aromatic rings. The molecule has 0 N–H and O–H groups in total. The molecule has 0 spiro atoms. The Kier molecular flexibility index (Phi) is 28.6. The van der Waals surface area contributed by atoms with Crippen molar-refractivity contribution in [3.8, 4) is 11.5 Å². The highest BCUT2D eigenvalue weighted by atomic mass is 16.5. The summed E-state index contributed by atoms with van der Waals surface area (Å²) in [6.07, 6.45) is 59.7. The van der Waals surface area contributed by atoms with Gasteiger partial charge in [0.2, 0.25) is 0 Å². The molecule has 2 heterocycles. The van der Waals surface area contributed by atoms with E-state index in [1.165, 1.54) is 252 Å². The van der Waals surface area contributed by atoms with Crippen molar-refractivity contribution in [2.24, 2.45) is 11.8 Å². The lowest BCUT2D eigenvalue weighted by molar-refractivity contribution is 0.312. The quantitative estimate of drug-likeness (QED) is 0.0419. The molecule has 0 bridgehead atoms. The summed E-state index contributed by atoms with van der Waals surface area (Å²) in [6, 6.07) is 14.5. The zero-order valence-electron chi connectivity index (χ0n) is 47.6. The summed E-state index contributed by atoms with van der Waals surface area (Å²) >= 11 is 0. The van der Waals surface area contributed by atoms with Crippen molar-refractivity contribution in [2.75, 3.05) is 0 Å². The van der Waals surface area contributed by atoms with Crippen molar-refractivity contribution in [2.45, 2.75) is 296 Å². The Morgan fingerprint density at radius 1 is 0.342 bits per heavy atom. The van der Waals surface area contributed by atoms with Gasteiger partial charge in [-0.2, -0.15) is 0 Å². The third-order valence-electron chi connectivity index (χ3n) is 17.1. The molecule has 0 unspecified atom stereocenters. The first-order valence-electron chi connectivity index (χ1n) is 31.6. The third kappa shape index (κ3) is 22.3. The second-order valence-corrected chi connectivity index (χ2v) is 23.5. The first kappa shape index (κ1) is 58.7. The monoisotopic (exact) mass is 995 g/mol. The standard InChI is InChI=1S/C68H106N4O/c1-5-9-13-17-19-21-25-29-33-59-51-69-67(70-52-59)61-41-35-57(36-42-61)49-63-47-55(31-27-23-15-11-7-3)39-45-65(63)73-66-46-40-56(32-28-24-16-12-8-4)48-64(66)50-58-37-43-62(44-38-58)68-71-53-60(54-72-68)34-30-26-22-20-18-14-10-6-2/h39-40,45-48,51-54,57-58,61-62H,5-38,41-44,49-50H2,1-4H3/t57-,58-,61-,62-. The van der Waals surface area contributed by atoms with Crippen molar-refractivity contribution in [3.05, 3.63) is 106 Å². The van der Waals surface area contributed by atoms with Crippen LogP contribution in [0.5, 0.6) is 11.5 Å². The number of aryl methyl sites for hydroxylation is 4. The van der Waals surface area contributed by atoms with E-state index in [0.29, 0.717) is 23.7 Å². The largest absolute Gasteiger partial charge is 0.457 e. The number of unbranched alkanes of at least 4 members (excludes halogenated alkanes) is 22. The molecule has 0 radical (unpaired) electrons. The van der Waals surface area contributed by atoms with Gasteiger partial charge in [0.15, 0.2) is 0 Å². The van der Waals surface area contributed by atoms with Gasteiger partial charge in [0, 0.05) is 36.6 Å². The molecule has 5 heteroatoms. The lowest BCUT2D eigenvalue weighted by Crippen LogP contribution is -2.18. The number of aromatic nitrogens is 4. The number of hydrogen-bond donors (Lipinski definition) is 0. The molecule has 73 heavy (non-hydrogen) atoms. The van der Waals surface area contributed by atoms with Crippen molar-refractivity contribution in [3.63, 3.8) is 0 Å². The number of ether oxygens (including phenoxy) is 1. The Morgan fingerprint density at radius 2 is 0.630 bits per heavy atom. The molecule has 2 fully saturated rings. The number of benzene rings is 2. The molecule has 0 amide bonds. The van der Waals surface area contributed by atoms with Crippen LogP contribution < -0.4 is 4.74 Å². The van der Waals surface area contributed by atoms with E-state index in [1.807, 2.05) is 0 Å². The molecule has 2 aromatic carbocycles. The predicted molar refractivity (Wildman–Crippen MR) is 311 cm³/mol. The van der Waals surface area contributed by atoms with E-state index in [-0.39, 0.29) is 0 Å². The topological polar surface area (TPSA) is 60.8 Å². The van der Waals surface area contributed by atoms with E-state index in [1.54, 1.807) is 0 Å².